The zero-order valence-electron chi connectivity index (χ0n) is 16.2. The molecule has 28 heavy (non-hydrogen) atoms. The Bertz CT molecular complexity index is 880. The molecule has 1 saturated heterocycles. The van der Waals surface area contributed by atoms with Gasteiger partial charge in [-0.25, -0.2) is 9.59 Å². The maximum atomic E-state index is 12.1. The SMILES string of the molecule is CCCOc1ccc(-c2ccccc2)cc1NC=C1C(=O)OC(C)(C)OC1=O. The zero-order chi connectivity index (χ0) is 20.1. The summed E-state index contributed by atoms with van der Waals surface area (Å²) in [6.07, 6.45) is 2.15. The first-order valence-electron chi connectivity index (χ1n) is 9.15. The van der Waals surface area contributed by atoms with Crippen molar-refractivity contribution in [3.05, 3.63) is 60.3 Å². The first kappa shape index (κ1) is 19.5. The molecule has 0 aliphatic carbocycles. The minimum atomic E-state index is -1.27. The molecule has 0 saturated carbocycles. The van der Waals surface area contributed by atoms with E-state index in [-0.39, 0.29) is 5.57 Å². The molecule has 146 valence electrons. The Balaban J connectivity index is 1.90. The van der Waals surface area contributed by atoms with Crippen LogP contribution in [0.15, 0.2) is 60.3 Å². The Morgan fingerprint density at radius 2 is 1.68 bits per heavy atom. The maximum absolute atomic E-state index is 12.1. The standard InChI is InChI=1S/C22H23NO5/c1-4-12-26-19-11-10-16(15-8-6-5-7-9-15)13-18(19)23-14-17-20(24)27-22(2,3)28-21(17)25/h5-11,13-14,23H,4,12H2,1-3H3. The molecule has 6 nitrogen and oxygen atoms in total. The Kier molecular flexibility index (Phi) is 5.68. The van der Waals surface area contributed by atoms with E-state index < -0.39 is 17.7 Å². The fourth-order valence-corrected chi connectivity index (χ4v) is 2.72. The van der Waals surface area contributed by atoms with Crippen LogP contribution in [0.5, 0.6) is 5.75 Å². The quantitative estimate of drug-likeness (QED) is 0.457. The lowest BCUT2D eigenvalue weighted by Gasteiger charge is -2.29. The summed E-state index contributed by atoms with van der Waals surface area (Å²) in [5, 5.41) is 3.00. The lowest BCUT2D eigenvalue weighted by atomic mass is 10.0. The second-order valence-corrected chi connectivity index (χ2v) is 6.81. The van der Waals surface area contributed by atoms with Crippen LogP contribution in [0.25, 0.3) is 11.1 Å². The highest BCUT2D eigenvalue weighted by molar-refractivity contribution is 6.15. The summed E-state index contributed by atoms with van der Waals surface area (Å²) in [5.41, 5.74) is 2.44. The second kappa shape index (κ2) is 8.17. The molecule has 3 rings (SSSR count). The van der Waals surface area contributed by atoms with Crippen LogP contribution in [0.4, 0.5) is 5.69 Å². The molecule has 0 unspecified atom stereocenters. The molecule has 1 N–H and O–H groups in total. The number of benzene rings is 2. The Morgan fingerprint density at radius 1 is 1.00 bits per heavy atom. The van der Waals surface area contributed by atoms with Crippen molar-refractivity contribution >= 4 is 17.6 Å². The first-order valence-corrected chi connectivity index (χ1v) is 9.15. The molecule has 2 aromatic rings. The van der Waals surface area contributed by atoms with Gasteiger partial charge in [0.2, 0.25) is 0 Å². The topological polar surface area (TPSA) is 73.9 Å². The first-order chi connectivity index (χ1) is 13.4. The van der Waals surface area contributed by atoms with Crippen LogP contribution in [0.1, 0.15) is 27.2 Å². The van der Waals surface area contributed by atoms with E-state index in [1.807, 2.05) is 55.5 Å². The molecule has 0 spiro atoms. The van der Waals surface area contributed by atoms with Gasteiger partial charge in [0.1, 0.15) is 5.75 Å². The molecule has 0 aromatic heterocycles. The normalized spacial score (nSPS) is 15.5. The fourth-order valence-electron chi connectivity index (χ4n) is 2.72. The van der Waals surface area contributed by atoms with E-state index in [9.17, 15) is 9.59 Å². The second-order valence-electron chi connectivity index (χ2n) is 6.81. The van der Waals surface area contributed by atoms with Gasteiger partial charge in [-0.1, -0.05) is 43.3 Å². The van der Waals surface area contributed by atoms with Crippen molar-refractivity contribution in [2.75, 3.05) is 11.9 Å². The van der Waals surface area contributed by atoms with E-state index in [1.54, 1.807) is 0 Å². The van der Waals surface area contributed by atoms with Gasteiger partial charge in [0, 0.05) is 20.0 Å². The third-order valence-electron chi connectivity index (χ3n) is 4.04. The summed E-state index contributed by atoms with van der Waals surface area (Å²) < 4.78 is 16.0. The summed E-state index contributed by atoms with van der Waals surface area (Å²) in [6, 6.07) is 15.6. The van der Waals surface area contributed by atoms with Crippen molar-refractivity contribution in [1.29, 1.82) is 0 Å². The Morgan fingerprint density at radius 3 is 2.32 bits per heavy atom. The van der Waals surface area contributed by atoms with Gasteiger partial charge in [-0.2, -0.15) is 0 Å². The number of ether oxygens (including phenoxy) is 3. The molecule has 6 heteroatoms. The lowest BCUT2D eigenvalue weighted by Crippen LogP contribution is -2.42. The number of carbonyl (C=O) groups is 2. The maximum Gasteiger partial charge on any atom is 0.350 e. The number of nitrogens with one attached hydrogen (secondary N) is 1. The van der Waals surface area contributed by atoms with E-state index >= 15 is 0 Å². The van der Waals surface area contributed by atoms with Crippen LogP contribution in [-0.2, 0) is 19.1 Å². The summed E-state index contributed by atoms with van der Waals surface area (Å²) in [7, 11) is 0. The van der Waals surface area contributed by atoms with Gasteiger partial charge >= 0.3 is 11.9 Å². The summed E-state index contributed by atoms with van der Waals surface area (Å²) in [5.74, 6) is -2.11. The van der Waals surface area contributed by atoms with Gasteiger partial charge < -0.3 is 19.5 Å². The number of cyclic esters (lactones) is 2. The predicted octanol–water partition coefficient (Wildman–Crippen LogP) is 4.27. The van der Waals surface area contributed by atoms with E-state index in [0.717, 1.165) is 17.5 Å². The molecule has 1 heterocycles. The van der Waals surface area contributed by atoms with Crippen molar-refractivity contribution in [3.8, 4) is 16.9 Å². The van der Waals surface area contributed by atoms with Crippen LogP contribution in [0.2, 0.25) is 0 Å². The molecular weight excluding hydrogens is 358 g/mol. The summed E-state index contributed by atoms with van der Waals surface area (Å²) >= 11 is 0. The Labute approximate surface area is 164 Å². The van der Waals surface area contributed by atoms with Crippen molar-refractivity contribution in [2.24, 2.45) is 0 Å². The van der Waals surface area contributed by atoms with E-state index in [4.69, 9.17) is 14.2 Å². The number of rotatable bonds is 6. The molecule has 1 fully saturated rings. The molecule has 0 bridgehead atoms. The van der Waals surface area contributed by atoms with Crippen LogP contribution in [0.3, 0.4) is 0 Å². The van der Waals surface area contributed by atoms with E-state index in [1.165, 1.54) is 20.0 Å². The van der Waals surface area contributed by atoms with Gasteiger partial charge in [0.25, 0.3) is 5.79 Å². The number of hydrogen-bond acceptors (Lipinski definition) is 6. The molecule has 0 atom stereocenters. The molecule has 1 aliphatic heterocycles. The van der Waals surface area contributed by atoms with E-state index in [2.05, 4.69) is 5.32 Å². The third kappa shape index (κ3) is 4.52. The van der Waals surface area contributed by atoms with Crippen molar-refractivity contribution in [2.45, 2.75) is 33.0 Å². The Hall–Kier alpha value is -3.28. The van der Waals surface area contributed by atoms with Gasteiger partial charge in [-0.05, 0) is 29.7 Å². The molecule has 2 aromatic carbocycles. The van der Waals surface area contributed by atoms with E-state index in [0.29, 0.717) is 18.0 Å². The van der Waals surface area contributed by atoms with Crippen LogP contribution >= 0.6 is 0 Å². The average Bonchev–Trinajstić information content (AvgIpc) is 2.66. The third-order valence-corrected chi connectivity index (χ3v) is 4.04. The highest BCUT2D eigenvalue weighted by atomic mass is 16.7. The molecule has 0 amide bonds. The highest BCUT2D eigenvalue weighted by Crippen LogP contribution is 2.31. The van der Waals surface area contributed by atoms with Gasteiger partial charge in [-0.3, -0.25) is 0 Å². The van der Waals surface area contributed by atoms with Crippen molar-refractivity contribution in [3.63, 3.8) is 0 Å². The summed E-state index contributed by atoms with van der Waals surface area (Å²) in [4.78, 5) is 24.2. The monoisotopic (exact) mass is 381 g/mol. The van der Waals surface area contributed by atoms with Crippen LogP contribution in [-0.4, -0.2) is 24.3 Å². The largest absolute Gasteiger partial charge is 0.491 e. The number of esters is 2. The number of carbonyl (C=O) groups excluding carboxylic acids is 2. The van der Waals surface area contributed by atoms with Gasteiger partial charge in [-0.15, -0.1) is 0 Å². The minimum Gasteiger partial charge on any atom is -0.491 e. The average molecular weight is 381 g/mol. The smallest absolute Gasteiger partial charge is 0.350 e. The minimum absolute atomic E-state index is 0.203. The number of anilines is 1. The van der Waals surface area contributed by atoms with Gasteiger partial charge in [0.05, 0.1) is 12.3 Å². The lowest BCUT2D eigenvalue weighted by molar-refractivity contribution is -0.222. The number of hydrogen-bond donors (Lipinski definition) is 1. The van der Waals surface area contributed by atoms with Crippen molar-refractivity contribution in [1.82, 2.24) is 0 Å². The molecule has 1 aliphatic rings. The molecular formula is C22H23NO5. The van der Waals surface area contributed by atoms with Crippen LogP contribution < -0.4 is 10.1 Å². The van der Waals surface area contributed by atoms with Crippen LogP contribution in [0, 0.1) is 0 Å². The highest BCUT2D eigenvalue weighted by Gasteiger charge is 2.39. The molecule has 0 radical (unpaired) electrons. The summed E-state index contributed by atoms with van der Waals surface area (Å²) in [6.45, 7) is 5.58. The van der Waals surface area contributed by atoms with Gasteiger partial charge in [0.15, 0.2) is 5.57 Å². The zero-order valence-corrected chi connectivity index (χ0v) is 16.2. The van der Waals surface area contributed by atoms with Crippen molar-refractivity contribution < 1.29 is 23.8 Å². The predicted molar refractivity (Wildman–Crippen MR) is 106 cm³/mol. The fraction of sp³-hybridized carbons (Fsp3) is 0.273.